The maximum atomic E-state index is 6.04. The molecule has 2 nitrogen and oxygen atoms in total. The van der Waals surface area contributed by atoms with E-state index in [2.05, 4.69) is 71.2 Å². The second-order valence-electron chi connectivity index (χ2n) is 6.95. The SMILES string of the molecule is CCCCCCCCOc1cc(I)c(OCCCCCCCC)c(I)c1. The number of hydrogen-bond donors (Lipinski definition) is 0. The van der Waals surface area contributed by atoms with Crippen LogP contribution in [0.25, 0.3) is 0 Å². The van der Waals surface area contributed by atoms with E-state index in [1.54, 1.807) is 0 Å². The predicted octanol–water partition coefficient (Wildman–Crippen LogP) is 8.37. The summed E-state index contributed by atoms with van der Waals surface area (Å²) in [5.41, 5.74) is 0. The molecule has 150 valence electrons. The van der Waals surface area contributed by atoms with Crippen molar-refractivity contribution in [1.29, 1.82) is 0 Å². The molecular formula is C22H36I2O2. The van der Waals surface area contributed by atoms with Crippen molar-refractivity contribution in [3.63, 3.8) is 0 Å². The molecule has 0 heterocycles. The Morgan fingerprint density at radius 2 is 1.04 bits per heavy atom. The van der Waals surface area contributed by atoms with Crippen molar-refractivity contribution in [3.8, 4) is 11.5 Å². The molecule has 1 rings (SSSR count). The minimum Gasteiger partial charge on any atom is -0.494 e. The third-order valence-corrected chi connectivity index (χ3v) is 6.09. The van der Waals surface area contributed by atoms with Crippen LogP contribution in [0.3, 0.4) is 0 Å². The van der Waals surface area contributed by atoms with Gasteiger partial charge in [-0.25, -0.2) is 0 Å². The molecule has 1 aromatic carbocycles. The quantitative estimate of drug-likeness (QED) is 0.143. The van der Waals surface area contributed by atoms with Crippen LogP contribution in [0.4, 0.5) is 0 Å². The molecule has 0 bridgehead atoms. The molecule has 0 amide bonds. The third kappa shape index (κ3) is 11.2. The standard InChI is InChI=1S/C22H36I2O2/c1-3-5-7-9-11-13-15-25-19-17-20(23)22(21(24)18-19)26-16-14-12-10-8-6-4-2/h17-18H,3-16H2,1-2H3. The number of rotatable bonds is 16. The molecular weight excluding hydrogens is 550 g/mol. The smallest absolute Gasteiger partial charge is 0.146 e. The first-order valence-corrected chi connectivity index (χ1v) is 12.6. The van der Waals surface area contributed by atoms with Crippen LogP contribution in [0.15, 0.2) is 12.1 Å². The van der Waals surface area contributed by atoms with Crippen LogP contribution < -0.4 is 9.47 Å². The van der Waals surface area contributed by atoms with Gasteiger partial charge in [0.2, 0.25) is 0 Å². The molecule has 0 aliphatic heterocycles. The minimum atomic E-state index is 0.816. The van der Waals surface area contributed by atoms with Crippen molar-refractivity contribution in [2.75, 3.05) is 13.2 Å². The lowest BCUT2D eigenvalue weighted by molar-refractivity contribution is 0.292. The van der Waals surface area contributed by atoms with Crippen LogP contribution in [0.1, 0.15) is 90.9 Å². The molecule has 4 heteroatoms. The second-order valence-corrected chi connectivity index (χ2v) is 9.27. The highest BCUT2D eigenvalue weighted by Crippen LogP contribution is 2.32. The third-order valence-electron chi connectivity index (χ3n) is 4.48. The maximum absolute atomic E-state index is 6.04. The van der Waals surface area contributed by atoms with Crippen LogP contribution in [0, 0.1) is 7.14 Å². The van der Waals surface area contributed by atoms with Crippen molar-refractivity contribution in [3.05, 3.63) is 19.3 Å². The first-order valence-electron chi connectivity index (χ1n) is 10.4. The van der Waals surface area contributed by atoms with E-state index < -0.39 is 0 Å². The fourth-order valence-electron chi connectivity index (χ4n) is 2.89. The predicted molar refractivity (Wildman–Crippen MR) is 130 cm³/mol. The van der Waals surface area contributed by atoms with E-state index in [1.807, 2.05) is 0 Å². The van der Waals surface area contributed by atoms with E-state index in [9.17, 15) is 0 Å². The van der Waals surface area contributed by atoms with E-state index in [1.165, 1.54) is 64.2 Å². The Balaban J connectivity index is 2.26. The first-order chi connectivity index (χ1) is 12.7. The average molecular weight is 586 g/mol. The Hall–Kier alpha value is 0.280. The Bertz CT molecular complexity index is 454. The molecule has 1 aromatic rings. The van der Waals surface area contributed by atoms with Crippen LogP contribution in [0.5, 0.6) is 11.5 Å². The summed E-state index contributed by atoms with van der Waals surface area (Å²) in [5, 5.41) is 0. The largest absolute Gasteiger partial charge is 0.494 e. The highest BCUT2D eigenvalue weighted by molar-refractivity contribution is 14.1. The summed E-state index contributed by atoms with van der Waals surface area (Å²) < 4.78 is 14.3. The van der Waals surface area contributed by atoms with Gasteiger partial charge >= 0.3 is 0 Å². The summed E-state index contributed by atoms with van der Waals surface area (Å²) in [5.74, 6) is 1.99. The Morgan fingerprint density at radius 1 is 0.615 bits per heavy atom. The summed E-state index contributed by atoms with van der Waals surface area (Å²) in [6, 6.07) is 4.22. The van der Waals surface area contributed by atoms with Gasteiger partial charge in [0.25, 0.3) is 0 Å². The molecule has 0 radical (unpaired) electrons. The van der Waals surface area contributed by atoms with Crippen molar-refractivity contribution in [2.45, 2.75) is 90.9 Å². The maximum Gasteiger partial charge on any atom is 0.146 e. The molecule has 0 saturated heterocycles. The lowest BCUT2D eigenvalue weighted by atomic mass is 10.1. The highest BCUT2D eigenvalue weighted by atomic mass is 127. The number of ether oxygens (including phenoxy) is 2. The number of benzene rings is 1. The topological polar surface area (TPSA) is 18.5 Å². The zero-order valence-electron chi connectivity index (χ0n) is 16.6. The van der Waals surface area contributed by atoms with E-state index >= 15 is 0 Å². The van der Waals surface area contributed by atoms with Crippen LogP contribution in [-0.4, -0.2) is 13.2 Å². The molecule has 0 aliphatic carbocycles. The molecule has 0 spiro atoms. The van der Waals surface area contributed by atoms with Crippen LogP contribution in [0.2, 0.25) is 0 Å². The summed E-state index contributed by atoms with van der Waals surface area (Å²) >= 11 is 4.73. The van der Waals surface area contributed by atoms with Gasteiger partial charge in [0.1, 0.15) is 11.5 Å². The zero-order valence-corrected chi connectivity index (χ0v) is 20.9. The molecule has 0 saturated carbocycles. The van der Waals surface area contributed by atoms with Crippen molar-refractivity contribution in [2.24, 2.45) is 0 Å². The van der Waals surface area contributed by atoms with E-state index in [4.69, 9.17) is 9.47 Å². The van der Waals surface area contributed by atoms with Crippen LogP contribution >= 0.6 is 45.2 Å². The molecule has 0 N–H and O–H groups in total. The van der Waals surface area contributed by atoms with Crippen molar-refractivity contribution < 1.29 is 9.47 Å². The highest BCUT2D eigenvalue weighted by Gasteiger charge is 2.09. The Labute approximate surface area is 188 Å². The first kappa shape index (κ1) is 24.3. The van der Waals surface area contributed by atoms with E-state index in [0.29, 0.717) is 0 Å². The van der Waals surface area contributed by atoms with Gasteiger partial charge < -0.3 is 9.47 Å². The normalized spacial score (nSPS) is 10.9. The minimum absolute atomic E-state index is 0.816. The molecule has 0 aromatic heterocycles. The summed E-state index contributed by atoms with van der Waals surface area (Å²) in [4.78, 5) is 0. The van der Waals surface area contributed by atoms with E-state index in [-0.39, 0.29) is 0 Å². The summed E-state index contributed by atoms with van der Waals surface area (Å²) in [7, 11) is 0. The second kappa shape index (κ2) is 16.3. The molecule has 0 fully saturated rings. The Kier molecular flexibility index (Phi) is 15.2. The lowest BCUT2D eigenvalue weighted by Crippen LogP contribution is -2.03. The van der Waals surface area contributed by atoms with Crippen molar-refractivity contribution >= 4 is 45.2 Å². The van der Waals surface area contributed by atoms with Crippen LogP contribution in [-0.2, 0) is 0 Å². The average Bonchev–Trinajstić information content (AvgIpc) is 2.62. The summed E-state index contributed by atoms with van der Waals surface area (Å²) in [6.45, 7) is 6.15. The number of unbranched alkanes of at least 4 members (excludes halogenated alkanes) is 10. The lowest BCUT2D eigenvalue weighted by Gasteiger charge is -2.13. The molecule has 0 aliphatic rings. The van der Waals surface area contributed by atoms with Crippen molar-refractivity contribution in [1.82, 2.24) is 0 Å². The van der Waals surface area contributed by atoms with Gasteiger partial charge in [0.15, 0.2) is 0 Å². The van der Waals surface area contributed by atoms with Gasteiger partial charge in [-0.15, -0.1) is 0 Å². The summed E-state index contributed by atoms with van der Waals surface area (Å²) in [6.07, 6.45) is 15.5. The number of halogens is 2. The van der Waals surface area contributed by atoms with Gasteiger partial charge in [0, 0.05) is 0 Å². The fourth-order valence-corrected chi connectivity index (χ4v) is 4.91. The van der Waals surface area contributed by atoms with Gasteiger partial charge in [-0.05, 0) is 70.2 Å². The van der Waals surface area contributed by atoms with Gasteiger partial charge in [-0.2, -0.15) is 0 Å². The van der Waals surface area contributed by atoms with E-state index in [0.717, 1.165) is 44.7 Å². The van der Waals surface area contributed by atoms with Gasteiger partial charge in [-0.1, -0.05) is 78.1 Å². The fraction of sp³-hybridized carbons (Fsp3) is 0.727. The van der Waals surface area contributed by atoms with Gasteiger partial charge in [-0.3, -0.25) is 0 Å². The molecule has 0 atom stereocenters. The molecule has 26 heavy (non-hydrogen) atoms. The Morgan fingerprint density at radius 3 is 1.54 bits per heavy atom. The zero-order chi connectivity index (χ0) is 19.0. The monoisotopic (exact) mass is 586 g/mol. The number of hydrogen-bond acceptors (Lipinski definition) is 2. The van der Waals surface area contributed by atoms with Gasteiger partial charge in [0.05, 0.1) is 20.4 Å². The molecule has 0 unspecified atom stereocenters.